The molecule has 0 aromatic heterocycles. The first-order chi connectivity index (χ1) is 8.94. The molecule has 0 saturated carbocycles. The van der Waals surface area contributed by atoms with Crippen molar-refractivity contribution in [2.75, 3.05) is 13.1 Å². The summed E-state index contributed by atoms with van der Waals surface area (Å²) in [6.45, 7) is 6.52. The third kappa shape index (κ3) is 2.36. The van der Waals surface area contributed by atoms with E-state index in [9.17, 15) is 14.7 Å². The fourth-order valence-electron chi connectivity index (χ4n) is 3.13. The molecule has 110 valence electrons. The first-order valence-corrected chi connectivity index (χ1v) is 7.19. The molecule has 1 rings (SSSR count). The smallest absolute Gasteiger partial charge is 0.329 e. The van der Waals surface area contributed by atoms with Crippen LogP contribution >= 0.6 is 0 Å². The van der Waals surface area contributed by atoms with E-state index in [0.717, 1.165) is 6.42 Å². The summed E-state index contributed by atoms with van der Waals surface area (Å²) in [5.41, 5.74) is 4.17. The highest BCUT2D eigenvalue weighted by Crippen LogP contribution is 2.38. The van der Waals surface area contributed by atoms with Gasteiger partial charge >= 0.3 is 5.97 Å². The average Bonchev–Trinajstić information content (AvgIpc) is 2.86. The Bertz CT molecular complexity index is 344. The molecule has 1 aliphatic heterocycles. The van der Waals surface area contributed by atoms with E-state index in [0.29, 0.717) is 32.2 Å². The van der Waals surface area contributed by atoms with E-state index >= 15 is 0 Å². The van der Waals surface area contributed by atoms with E-state index in [2.05, 4.69) is 0 Å². The van der Waals surface area contributed by atoms with Gasteiger partial charge in [0.2, 0.25) is 5.91 Å². The number of nitrogens with zero attached hydrogens (tertiary/aromatic N) is 1. The van der Waals surface area contributed by atoms with E-state index in [1.807, 2.05) is 20.8 Å². The first-order valence-electron chi connectivity index (χ1n) is 7.19. The Labute approximate surface area is 115 Å². The number of hydrogen-bond donors (Lipinski definition) is 2. The van der Waals surface area contributed by atoms with Gasteiger partial charge in [-0.15, -0.1) is 0 Å². The molecule has 0 aliphatic carbocycles. The zero-order valence-electron chi connectivity index (χ0n) is 12.2. The third-order valence-corrected chi connectivity index (χ3v) is 4.91. The van der Waals surface area contributed by atoms with E-state index in [4.69, 9.17) is 5.73 Å². The molecule has 0 aromatic carbocycles. The summed E-state index contributed by atoms with van der Waals surface area (Å²) in [4.78, 5) is 26.0. The van der Waals surface area contributed by atoms with E-state index in [1.165, 1.54) is 0 Å². The summed E-state index contributed by atoms with van der Waals surface area (Å²) in [5.74, 6) is -0.972. The molecule has 1 unspecified atom stereocenters. The Balaban J connectivity index is 3.13. The lowest BCUT2D eigenvalue weighted by atomic mass is 9.79. The first kappa shape index (κ1) is 16.0. The van der Waals surface area contributed by atoms with Crippen LogP contribution in [0.2, 0.25) is 0 Å². The van der Waals surface area contributed by atoms with Crippen molar-refractivity contribution in [1.82, 2.24) is 4.90 Å². The summed E-state index contributed by atoms with van der Waals surface area (Å²) in [6, 6.07) is 0. The predicted octanol–water partition coefficient (Wildman–Crippen LogP) is 1.61. The van der Waals surface area contributed by atoms with Gasteiger partial charge in [0.05, 0.1) is 5.41 Å². The third-order valence-electron chi connectivity index (χ3n) is 4.91. The summed E-state index contributed by atoms with van der Waals surface area (Å²) >= 11 is 0. The van der Waals surface area contributed by atoms with Crippen LogP contribution in [-0.4, -0.2) is 40.5 Å². The maximum absolute atomic E-state index is 12.8. The molecule has 1 amide bonds. The largest absolute Gasteiger partial charge is 0.479 e. The van der Waals surface area contributed by atoms with Crippen molar-refractivity contribution in [3.8, 4) is 0 Å². The molecule has 1 aliphatic rings. The minimum atomic E-state index is -1.03. The molecule has 19 heavy (non-hydrogen) atoms. The molecular formula is C14H26N2O3. The number of hydrogen-bond acceptors (Lipinski definition) is 3. The molecule has 0 radical (unpaired) electrons. The van der Waals surface area contributed by atoms with Gasteiger partial charge in [0.15, 0.2) is 0 Å². The molecule has 5 nitrogen and oxygen atoms in total. The Kier molecular flexibility index (Phi) is 4.96. The van der Waals surface area contributed by atoms with Gasteiger partial charge in [-0.1, -0.05) is 20.8 Å². The Morgan fingerprint density at radius 3 is 2.26 bits per heavy atom. The molecule has 1 fully saturated rings. The highest BCUT2D eigenvalue weighted by atomic mass is 16.4. The number of rotatable bonds is 6. The topological polar surface area (TPSA) is 83.6 Å². The van der Waals surface area contributed by atoms with E-state index in [1.54, 1.807) is 4.90 Å². The molecule has 0 bridgehead atoms. The molecule has 1 atom stereocenters. The zero-order chi connectivity index (χ0) is 14.7. The standard InChI is InChI=1S/C14H26N2O3/c1-4-13(5-2,10-15)11(17)16-9-7-8-14(16,6-3)12(18)19/h4-10,15H2,1-3H3,(H,18,19). The number of nitrogens with two attached hydrogens (primary N) is 1. The summed E-state index contributed by atoms with van der Waals surface area (Å²) in [6.07, 6.45) is 3.03. The van der Waals surface area contributed by atoms with Gasteiger partial charge in [0.1, 0.15) is 5.54 Å². The highest BCUT2D eigenvalue weighted by Gasteiger charge is 2.52. The van der Waals surface area contributed by atoms with Crippen molar-refractivity contribution in [3.05, 3.63) is 0 Å². The van der Waals surface area contributed by atoms with Crippen LogP contribution in [-0.2, 0) is 9.59 Å². The molecule has 1 heterocycles. The van der Waals surface area contributed by atoms with Crippen LogP contribution in [0.15, 0.2) is 0 Å². The molecule has 1 saturated heterocycles. The second kappa shape index (κ2) is 5.90. The zero-order valence-corrected chi connectivity index (χ0v) is 12.2. The Hall–Kier alpha value is -1.10. The van der Waals surface area contributed by atoms with Crippen LogP contribution < -0.4 is 5.73 Å². The van der Waals surface area contributed by atoms with Crippen LogP contribution in [0.4, 0.5) is 0 Å². The molecule has 0 spiro atoms. The van der Waals surface area contributed by atoms with Gasteiger partial charge in [-0.25, -0.2) is 4.79 Å². The molecular weight excluding hydrogens is 244 g/mol. The van der Waals surface area contributed by atoms with Crippen LogP contribution in [0.1, 0.15) is 52.9 Å². The lowest BCUT2D eigenvalue weighted by Crippen LogP contribution is -2.58. The number of carbonyl (C=O) groups is 2. The number of carboxylic acid groups (broad SMARTS) is 1. The van der Waals surface area contributed by atoms with Crippen molar-refractivity contribution >= 4 is 11.9 Å². The minimum Gasteiger partial charge on any atom is -0.479 e. The van der Waals surface area contributed by atoms with E-state index in [-0.39, 0.29) is 12.5 Å². The van der Waals surface area contributed by atoms with Crippen LogP contribution in [0.3, 0.4) is 0 Å². The summed E-state index contributed by atoms with van der Waals surface area (Å²) in [7, 11) is 0. The highest BCUT2D eigenvalue weighted by molar-refractivity contribution is 5.90. The summed E-state index contributed by atoms with van der Waals surface area (Å²) in [5, 5.41) is 9.54. The van der Waals surface area contributed by atoms with Crippen molar-refractivity contribution in [2.24, 2.45) is 11.1 Å². The number of amides is 1. The fourth-order valence-corrected chi connectivity index (χ4v) is 3.13. The van der Waals surface area contributed by atoms with Crippen molar-refractivity contribution < 1.29 is 14.7 Å². The van der Waals surface area contributed by atoms with Crippen molar-refractivity contribution in [1.29, 1.82) is 0 Å². The Morgan fingerprint density at radius 1 is 1.32 bits per heavy atom. The molecule has 0 aromatic rings. The lowest BCUT2D eigenvalue weighted by Gasteiger charge is -2.40. The van der Waals surface area contributed by atoms with Gasteiger partial charge in [0.25, 0.3) is 0 Å². The quantitative estimate of drug-likeness (QED) is 0.768. The van der Waals surface area contributed by atoms with Gasteiger partial charge in [-0.2, -0.15) is 0 Å². The van der Waals surface area contributed by atoms with Gasteiger partial charge < -0.3 is 15.7 Å². The monoisotopic (exact) mass is 270 g/mol. The Morgan fingerprint density at radius 2 is 1.89 bits per heavy atom. The average molecular weight is 270 g/mol. The molecule has 3 N–H and O–H groups in total. The van der Waals surface area contributed by atoms with Gasteiger partial charge in [-0.3, -0.25) is 4.79 Å². The minimum absolute atomic E-state index is 0.0817. The second-order valence-electron chi connectivity index (χ2n) is 5.44. The van der Waals surface area contributed by atoms with Crippen LogP contribution in [0, 0.1) is 5.41 Å². The number of likely N-dealkylation sites (tertiary alicyclic amines) is 1. The summed E-state index contributed by atoms with van der Waals surface area (Å²) < 4.78 is 0. The van der Waals surface area contributed by atoms with Crippen molar-refractivity contribution in [2.45, 2.75) is 58.4 Å². The maximum Gasteiger partial charge on any atom is 0.329 e. The number of aliphatic carboxylic acids is 1. The van der Waals surface area contributed by atoms with Gasteiger partial charge in [0, 0.05) is 13.1 Å². The van der Waals surface area contributed by atoms with Crippen molar-refractivity contribution in [3.63, 3.8) is 0 Å². The fraction of sp³-hybridized carbons (Fsp3) is 0.857. The second-order valence-corrected chi connectivity index (χ2v) is 5.44. The normalized spacial score (nSPS) is 23.7. The van der Waals surface area contributed by atoms with Crippen LogP contribution in [0.25, 0.3) is 0 Å². The molecule has 5 heteroatoms. The predicted molar refractivity (Wildman–Crippen MR) is 73.7 cm³/mol. The maximum atomic E-state index is 12.8. The van der Waals surface area contributed by atoms with Crippen LogP contribution in [0.5, 0.6) is 0 Å². The lowest BCUT2D eigenvalue weighted by molar-refractivity contribution is -0.161. The van der Waals surface area contributed by atoms with E-state index < -0.39 is 16.9 Å². The number of carbonyl (C=O) groups excluding carboxylic acids is 1. The SMILES string of the molecule is CCC(CC)(CN)C(=O)N1CCCC1(CC)C(=O)O. The van der Waals surface area contributed by atoms with Gasteiger partial charge in [-0.05, 0) is 32.1 Å². The number of carboxylic acids is 1.